The Morgan fingerprint density at radius 1 is 1.16 bits per heavy atom. The summed E-state index contributed by atoms with van der Waals surface area (Å²) in [7, 11) is -3.29. The van der Waals surface area contributed by atoms with Gasteiger partial charge in [-0.2, -0.15) is 0 Å². The van der Waals surface area contributed by atoms with Crippen LogP contribution >= 0.6 is 0 Å². The molecule has 100 valence electrons. The predicted molar refractivity (Wildman–Crippen MR) is 73.0 cm³/mol. The van der Waals surface area contributed by atoms with E-state index in [4.69, 9.17) is 10.5 Å². The molecule has 0 saturated carbocycles. The minimum Gasteiger partial charge on any atom is -0.456 e. The molecule has 0 saturated heterocycles. The molecule has 6 heteroatoms. The molecule has 0 atom stereocenters. The number of nitrogen functional groups attached to an aromatic ring is 1. The van der Waals surface area contributed by atoms with Crippen LogP contribution in [0.4, 0.5) is 5.69 Å². The first-order chi connectivity index (χ1) is 8.86. The Morgan fingerprint density at radius 3 is 2.37 bits per heavy atom. The molecular weight excluding hydrogens is 264 g/mol. The van der Waals surface area contributed by atoms with Crippen molar-refractivity contribution in [3.8, 4) is 11.5 Å². The maximum absolute atomic E-state index is 11.3. The molecule has 0 radical (unpaired) electrons. The fourth-order valence-electron chi connectivity index (χ4n) is 1.49. The van der Waals surface area contributed by atoms with Crippen molar-refractivity contribution >= 4 is 15.5 Å². The minimum absolute atomic E-state index is 0.0216. The largest absolute Gasteiger partial charge is 0.456 e. The molecule has 0 amide bonds. The second kappa shape index (κ2) is 4.89. The molecule has 2 N–H and O–H groups in total. The summed E-state index contributed by atoms with van der Waals surface area (Å²) in [5.74, 6) is 1.09. The summed E-state index contributed by atoms with van der Waals surface area (Å²) in [5.41, 5.74) is 7.32. The van der Waals surface area contributed by atoms with Crippen molar-refractivity contribution in [2.75, 3.05) is 12.0 Å². The summed E-state index contributed by atoms with van der Waals surface area (Å²) >= 11 is 0. The van der Waals surface area contributed by atoms with Crippen LogP contribution in [0.5, 0.6) is 11.5 Å². The van der Waals surface area contributed by atoms with E-state index in [1.807, 2.05) is 6.92 Å². The Bertz CT molecular complexity index is 694. The van der Waals surface area contributed by atoms with Crippen molar-refractivity contribution in [2.45, 2.75) is 11.9 Å². The van der Waals surface area contributed by atoms with Crippen LogP contribution in [0.3, 0.4) is 0 Å². The number of pyridine rings is 1. The molecule has 19 heavy (non-hydrogen) atoms. The Hall–Kier alpha value is -2.08. The van der Waals surface area contributed by atoms with Gasteiger partial charge >= 0.3 is 0 Å². The normalized spacial score (nSPS) is 11.3. The zero-order valence-electron chi connectivity index (χ0n) is 10.6. The molecule has 2 aromatic rings. The third-order valence-electron chi connectivity index (χ3n) is 2.57. The van der Waals surface area contributed by atoms with E-state index in [1.165, 1.54) is 12.3 Å². The number of aryl methyl sites for hydroxylation is 1. The van der Waals surface area contributed by atoms with Crippen molar-refractivity contribution in [1.82, 2.24) is 4.98 Å². The van der Waals surface area contributed by atoms with Crippen molar-refractivity contribution in [3.63, 3.8) is 0 Å². The van der Waals surface area contributed by atoms with Crippen molar-refractivity contribution < 1.29 is 13.2 Å². The van der Waals surface area contributed by atoms with Gasteiger partial charge in [-0.25, -0.2) is 13.4 Å². The Balaban J connectivity index is 2.22. The third kappa shape index (κ3) is 3.23. The zero-order chi connectivity index (χ0) is 14.0. The minimum atomic E-state index is -3.29. The van der Waals surface area contributed by atoms with Crippen LogP contribution in [-0.2, 0) is 9.84 Å². The molecule has 1 heterocycles. The highest BCUT2D eigenvalue weighted by Crippen LogP contribution is 2.24. The Kier molecular flexibility index (Phi) is 3.44. The maximum atomic E-state index is 11.3. The van der Waals surface area contributed by atoms with Crippen LogP contribution in [0.15, 0.2) is 41.6 Å². The average Bonchev–Trinajstić information content (AvgIpc) is 2.33. The number of aromatic nitrogens is 1. The highest BCUT2D eigenvalue weighted by atomic mass is 32.2. The van der Waals surface area contributed by atoms with Crippen LogP contribution in [0.25, 0.3) is 0 Å². The van der Waals surface area contributed by atoms with E-state index in [9.17, 15) is 8.42 Å². The lowest BCUT2D eigenvalue weighted by Gasteiger charge is -2.07. The number of nitrogens with two attached hydrogens (primary N) is 1. The smallest absolute Gasteiger partial charge is 0.192 e. The SMILES string of the molecule is Cc1cc(Oc2ccc(S(C)(=O)=O)nc2)ccc1N. The van der Waals surface area contributed by atoms with Gasteiger partial charge in [0.15, 0.2) is 14.9 Å². The molecule has 0 unspecified atom stereocenters. The van der Waals surface area contributed by atoms with Crippen LogP contribution in [0, 0.1) is 6.92 Å². The molecule has 1 aromatic heterocycles. The molecule has 2 rings (SSSR count). The van der Waals surface area contributed by atoms with Gasteiger partial charge in [0.25, 0.3) is 0 Å². The molecule has 5 nitrogen and oxygen atoms in total. The first kappa shape index (κ1) is 13.4. The van der Waals surface area contributed by atoms with Crippen LogP contribution in [0.2, 0.25) is 0 Å². The van der Waals surface area contributed by atoms with Gasteiger partial charge in [-0.3, -0.25) is 0 Å². The number of ether oxygens (including phenoxy) is 1. The fourth-order valence-corrected chi connectivity index (χ4v) is 2.05. The van der Waals surface area contributed by atoms with Gasteiger partial charge in [-0.05, 0) is 42.8 Å². The molecule has 0 spiro atoms. The Labute approximate surface area is 112 Å². The van der Waals surface area contributed by atoms with E-state index in [0.717, 1.165) is 11.8 Å². The van der Waals surface area contributed by atoms with E-state index in [0.29, 0.717) is 17.2 Å². The summed E-state index contributed by atoms with van der Waals surface area (Å²) in [6.07, 6.45) is 2.49. The van der Waals surface area contributed by atoms with E-state index in [-0.39, 0.29) is 5.03 Å². The van der Waals surface area contributed by atoms with Crippen LogP contribution in [0.1, 0.15) is 5.56 Å². The Morgan fingerprint density at radius 2 is 1.84 bits per heavy atom. The lowest BCUT2D eigenvalue weighted by atomic mass is 10.2. The lowest BCUT2D eigenvalue weighted by Crippen LogP contribution is -2.00. The molecule has 1 aromatic carbocycles. The first-order valence-electron chi connectivity index (χ1n) is 5.56. The summed E-state index contributed by atoms with van der Waals surface area (Å²) in [6, 6.07) is 8.28. The van der Waals surface area contributed by atoms with Crippen molar-refractivity contribution in [2.24, 2.45) is 0 Å². The van der Waals surface area contributed by atoms with Crippen LogP contribution < -0.4 is 10.5 Å². The number of benzene rings is 1. The molecular formula is C13H14N2O3S. The quantitative estimate of drug-likeness (QED) is 0.870. The van der Waals surface area contributed by atoms with E-state index >= 15 is 0 Å². The van der Waals surface area contributed by atoms with Gasteiger partial charge in [-0.1, -0.05) is 0 Å². The number of hydrogen-bond donors (Lipinski definition) is 1. The summed E-state index contributed by atoms with van der Waals surface area (Å²) in [4.78, 5) is 3.85. The molecule has 0 aliphatic rings. The summed E-state index contributed by atoms with van der Waals surface area (Å²) < 4.78 is 28.1. The summed E-state index contributed by atoms with van der Waals surface area (Å²) in [5, 5.41) is 0.0216. The fraction of sp³-hybridized carbons (Fsp3) is 0.154. The van der Waals surface area contributed by atoms with E-state index in [1.54, 1.807) is 24.3 Å². The lowest BCUT2D eigenvalue weighted by molar-refractivity contribution is 0.478. The molecule has 0 aliphatic carbocycles. The highest BCUT2D eigenvalue weighted by molar-refractivity contribution is 7.90. The third-order valence-corrected chi connectivity index (χ3v) is 3.57. The predicted octanol–water partition coefficient (Wildman–Crippen LogP) is 2.17. The number of anilines is 1. The summed E-state index contributed by atoms with van der Waals surface area (Å²) in [6.45, 7) is 1.88. The molecule has 0 bridgehead atoms. The number of sulfone groups is 1. The van der Waals surface area contributed by atoms with Gasteiger partial charge in [0, 0.05) is 11.9 Å². The first-order valence-corrected chi connectivity index (χ1v) is 7.45. The second-order valence-electron chi connectivity index (χ2n) is 4.22. The van der Waals surface area contributed by atoms with Gasteiger partial charge in [0.1, 0.15) is 11.5 Å². The standard InChI is InChI=1S/C13H14N2O3S/c1-9-7-10(3-5-12(9)14)18-11-4-6-13(15-8-11)19(2,16)17/h3-8H,14H2,1-2H3. The zero-order valence-corrected chi connectivity index (χ0v) is 11.4. The van der Waals surface area contributed by atoms with Gasteiger partial charge < -0.3 is 10.5 Å². The van der Waals surface area contributed by atoms with Crippen molar-refractivity contribution in [1.29, 1.82) is 0 Å². The van der Waals surface area contributed by atoms with E-state index < -0.39 is 9.84 Å². The van der Waals surface area contributed by atoms with Crippen LogP contribution in [-0.4, -0.2) is 19.7 Å². The van der Waals surface area contributed by atoms with Gasteiger partial charge in [0.2, 0.25) is 0 Å². The second-order valence-corrected chi connectivity index (χ2v) is 6.19. The van der Waals surface area contributed by atoms with Gasteiger partial charge in [0.05, 0.1) is 6.20 Å². The van der Waals surface area contributed by atoms with Crippen molar-refractivity contribution in [3.05, 3.63) is 42.1 Å². The topological polar surface area (TPSA) is 82.3 Å². The number of rotatable bonds is 3. The number of nitrogens with zero attached hydrogens (tertiary/aromatic N) is 1. The van der Waals surface area contributed by atoms with E-state index in [2.05, 4.69) is 4.98 Å². The molecule has 0 aliphatic heterocycles. The number of hydrogen-bond acceptors (Lipinski definition) is 5. The van der Waals surface area contributed by atoms with Gasteiger partial charge in [-0.15, -0.1) is 0 Å². The molecule has 0 fully saturated rings. The monoisotopic (exact) mass is 278 g/mol. The highest BCUT2D eigenvalue weighted by Gasteiger charge is 2.08. The maximum Gasteiger partial charge on any atom is 0.192 e. The average molecular weight is 278 g/mol.